The van der Waals surface area contributed by atoms with Gasteiger partial charge in [-0.15, -0.1) is 0 Å². The van der Waals surface area contributed by atoms with Crippen molar-refractivity contribution in [2.45, 2.75) is 30.6 Å². The number of carbonyl (C=O) groups excluding carboxylic acids is 1. The normalized spacial score (nSPS) is 15.8. The van der Waals surface area contributed by atoms with Crippen LogP contribution in [0.1, 0.15) is 31.2 Å². The van der Waals surface area contributed by atoms with Crippen molar-refractivity contribution in [3.8, 4) is 5.75 Å². The number of hydrogen-bond donors (Lipinski definition) is 1. The van der Waals surface area contributed by atoms with Crippen molar-refractivity contribution < 1.29 is 17.9 Å². The second-order valence-corrected chi connectivity index (χ2v) is 8.41. The number of hydrogen-bond acceptors (Lipinski definition) is 4. The highest BCUT2D eigenvalue weighted by Crippen LogP contribution is 2.33. The van der Waals surface area contributed by atoms with Gasteiger partial charge in [-0.1, -0.05) is 37.3 Å². The summed E-state index contributed by atoms with van der Waals surface area (Å²) < 4.78 is 33.5. The molecule has 144 valence electrons. The molecule has 1 amide bonds. The number of ether oxygens (including phenoxy) is 1. The Morgan fingerprint density at radius 2 is 1.93 bits per heavy atom. The van der Waals surface area contributed by atoms with Crippen molar-refractivity contribution in [3.63, 3.8) is 0 Å². The zero-order chi connectivity index (χ0) is 19.4. The molecule has 27 heavy (non-hydrogen) atoms. The van der Waals surface area contributed by atoms with E-state index in [0.717, 1.165) is 12.0 Å². The molecule has 1 aliphatic rings. The van der Waals surface area contributed by atoms with Crippen LogP contribution in [0.3, 0.4) is 0 Å². The molecule has 0 bridgehead atoms. The van der Waals surface area contributed by atoms with E-state index in [2.05, 4.69) is 4.72 Å². The number of nitrogens with one attached hydrogen (secondary N) is 1. The van der Waals surface area contributed by atoms with E-state index in [9.17, 15) is 13.2 Å². The summed E-state index contributed by atoms with van der Waals surface area (Å²) >= 11 is 0. The highest BCUT2D eigenvalue weighted by atomic mass is 32.2. The predicted octanol–water partition coefficient (Wildman–Crippen LogP) is 2.90. The third-order valence-electron chi connectivity index (χ3n) is 4.77. The molecule has 0 radical (unpaired) electrons. The lowest BCUT2D eigenvalue weighted by molar-refractivity contribution is -0.117. The molecule has 3 rings (SSSR count). The first-order valence-electron chi connectivity index (χ1n) is 8.95. The molecular weight excluding hydrogens is 364 g/mol. The first kappa shape index (κ1) is 19.4. The molecule has 0 aromatic heterocycles. The third kappa shape index (κ3) is 4.31. The summed E-state index contributed by atoms with van der Waals surface area (Å²) in [5.41, 5.74) is 1.57. The molecule has 1 N–H and O–H groups in total. The molecule has 0 unspecified atom stereocenters. The maximum atomic E-state index is 12.8. The molecule has 1 atom stereocenters. The number of rotatable bonds is 7. The molecule has 2 aromatic carbocycles. The molecule has 1 fully saturated rings. The van der Waals surface area contributed by atoms with E-state index in [1.165, 1.54) is 19.2 Å². The van der Waals surface area contributed by atoms with Crippen molar-refractivity contribution in [1.29, 1.82) is 0 Å². The van der Waals surface area contributed by atoms with Gasteiger partial charge in [0.2, 0.25) is 15.9 Å². The van der Waals surface area contributed by atoms with E-state index in [1.54, 1.807) is 11.0 Å². The molecule has 1 aliphatic heterocycles. The molecule has 0 spiro atoms. The zero-order valence-corrected chi connectivity index (χ0v) is 16.3. The zero-order valence-electron chi connectivity index (χ0n) is 15.5. The fourth-order valence-corrected chi connectivity index (χ4v) is 4.32. The van der Waals surface area contributed by atoms with Crippen LogP contribution in [0.25, 0.3) is 0 Å². The summed E-state index contributed by atoms with van der Waals surface area (Å²) in [6.45, 7) is 2.83. The molecule has 1 heterocycles. The molecular formula is C20H24N2O4S. The van der Waals surface area contributed by atoms with Crippen LogP contribution in [0.2, 0.25) is 0 Å². The van der Waals surface area contributed by atoms with Gasteiger partial charge in [0.1, 0.15) is 5.75 Å². The van der Waals surface area contributed by atoms with Gasteiger partial charge in [-0.25, -0.2) is 13.1 Å². The number of anilines is 1. The average molecular weight is 388 g/mol. The Bertz CT molecular complexity index is 913. The van der Waals surface area contributed by atoms with Crippen molar-refractivity contribution in [1.82, 2.24) is 4.72 Å². The topological polar surface area (TPSA) is 75.7 Å². The summed E-state index contributed by atoms with van der Waals surface area (Å²) in [6.07, 6.45) is 1.22. The number of carbonyl (C=O) groups is 1. The minimum atomic E-state index is -3.70. The highest BCUT2D eigenvalue weighted by Gasteiger charge is 2.26. The Morgan fingerprint density at radius 3 is 2.56 bits per heavy atom. The van der Waals surface area contributed by atoms with E-state index >= 15 is 0 Å². The molecule has 0 aliphatic carbocycles. The van der Waals surface area contributed by atoms with Crippen molar-refractivity contribution in [2.75, 3.05) is 25.1 Å². The monoisotopic (exact) mass is 388 g/mol. The predicted molar refractivity (Wildman–Crippen MR) is 105 cm³/mol. The van der Waals surface area contributed by atoms with Crippen LogP contribution in [-0.2, 0) is 14.8 Å². The van der Waals surface area contributed by atoms with E-state index in [4.69, 9.17) is 4.74 Å². The van der Waals surface area contributed by atoms with Crippen LogP contribution in [0.5, 0.6) is 5.75 Å². The average Bonchev–Trinajstić information content (AvgIpc) is 3.12. The van der Waals surface area contributed by atoms with E-state index in [-0.39, 0.29) is 23.3 Å². The Balaban J connectivity index is 1.81. The minimum absolute atomic E-state index is 0.0199. The maximum Gasteiger partial charge on any atom is 0.240 e. The summed E-state index contributed by atoms with van der Waals surface area (Å²) in [7, 11) is -2.19. The molecule has 1 saturated heterocycles. The minimum Gasteiger partial charge on any atom is -0.495 e. The first-order valence-corrected chi connectivity index (χ1v) is 10.4. The van der Waals surface area contributed by atoms with Crippen LogP contribution in [0.15, 0.2) is 53.4 Å². The first-order chi connectivity index (χ1) is 12.9. The van der Waals surface area contributed by atoms with Gasteiger partial charge in [0, 0.05) is 19.5 Å². The third-order valence-corrected chi connectivity index (χ3v) is 6.19. The van der Waals surface area contributed by atoms with E-state index in [0.29, 0.717) is 24.4 Å². The summed E-state index contributed by atoms with van der Waals surface area (Å²) in [5, 5.41) is 0. The lowest BCUT2D eigenvalue weighted by Crippen LogP contribution is -2.28. The number of amides is 1. The lowest BCUT2D eigenvalue weighted by Gasteiger charge is -2.20. The van der Waals surface area contributed by atoms with Crippen LogP contribution in [0, 0.1) is 0 Å². The second kappa shape index (κ2) is 8.10. The van der Waals surface area contributed by atoms with Crippen molar-refractivity contribution in [3.05, 3.63) is 54.1 Å². The Labute approximate surface area is 160 Å². The van der Waals surface area contributed by atoms with Gasteiger partial charge >= 0.3 is 0 Å². The van der Waals surface area contributed by atoms with Gasteiger partial charge in [0.25, 0.3) is 0 Å². The Kier molecular flexibility index (Phi) is 5.82. The number of nitrogens with zero attached hydrogens (tertiary/aromatic N) is 1. The number of sulfonamides is 1. The van der Waals surface area contributed by atoms with Gasteiger partial charge in [0.05, 0.1) is 17.7 Å². The largest absolute Gasteiger partial charge is 0.495 e. The standard InChI is InChI=1S/C20H24N2O4S/c1-15(16-7-4-3-5-8-16)14-21-27(24,25)17-10-11-19(26-2)18(13-17)22-12-6-9-20(22)23/h3-5,7-8,10-11,13,15,21H,6,9,12,14H2,1-2H3/t15-/m1/s1. The quantitative estimate of drug-likeness (QED) is 0.791. The molecule has 2 aromatic rings. The molecule has 7 heteroatoms. The van der Waals surface area contributed by atoms with Gasteiger partial charge < -0.3 is 9.64 Å². The summed E-state index contributed by atoms with van der Waals surface area (Å²) in [5.74, 6) is 0.509. The summed E-state index contributed by atoms with van der Waals surface area (Å²) in [6, 6.07) is 14.4. The summed E-state index contributed by atoms with van der Waals surface area (Å²) in [4.78, 5) is 13.8. The van der Waals surface area contributed by atoms with Gasteiger partial charge in [-0.05, 0) is 36.1 Å². The van der Waals surface area contributed by atoms with E-state index < -0.39 is 10.0 Å². The van der Waals surface area contributed by atoms with Gasteiger partial charge in [-0.3, -0.25) is 4.79 Å². The van der Waals surface area contributed by atoms with Crippen LogP contribution < -0.4 is 14.4 Å². The lowest BCUT2D eigenvalue weighted by atomic mass is 10.0. The second-order valence-electron chi connectivity index (χ2n) is 6.65. The maximum absolute atomic E-state index is 12.8. The van der Waals surface area contributed by atoms with Gasteiger partial charge in [0.15, 0.2) is 0 Å². The van der Waals surface area contributed by atoms with Crippen molar-refractivity contribution in [2.24, 2.45) is 0 Å². The van der Waals surface area contributed by atoms with Crippen LogP contribution in [-0.4, -0.2) is 34.5 Å². The fourth-order valence-electron chi connectivity index (χ4n) is 3.17. The molecule has 6 nitrogen and oxygen atoms in total. The van der Waals surface area contributed by atoms with E-state index in [1.807, 2.05) is 37.3 Å². The Morgan fingerprint density at radius 1 is 1.19 bits per heavy atom. The van der Waals surface area contributed by atoms with Crippen LogP contribution in [0.4, 0.5) is 5.69 Å². The molecule has 0 saturated carbocycles. The number of benzene rings is 2. The number of methoxy groups -OCH3 is 1. The Hall–Kier alpha value is -2.38. The smallest absolute Gasteiger partial charge is 0.240 e. The highest BCUT2D eigenvalue weighted by molar-refractivity contribution is 7.89. The van der Waals surface area contributed by atoms with Gasteiger partial charge in [-0.2, -0.15) is 0 Å². The fraction of sp³-hybridized carbons (Fsp3) is 0.350. The van der Waals surface area contributed by atoms with Crippen molar-refractivity contribution >= 4 is 21.6 Å². The van der Waals surface area contributed by atoms with Crippen LogP contribution >= 0.6 is 0 Å². The SMILES string of the molecule is COc1ccc(S(=O)(=O)NC[C@@H](C)c2ccccc2)cc1N1CCCC1=O.